The number of para-hydroxylation sites is 1. The maximum Gasteiger partial charge on any atom is 0.408 e. The van der Waals surface area contributed by atoms with E-state index in [0.717, 1.165) is 17.4 Å². The molecule has 1 unspecified atom stereocenters. The van der Waals surface area contributed by atoms with Crippen molar-refractivity contribution in [3.8, 4) is 11.5 Å². The van der Waals surface area contributed by atoms with E-state index in [1.54, 1.807) is 6.07 Å². The van der Waals surface area contributed by atoms with Gasteiger partial charge in [-0.3, -0.25) is 4.79 Å². The van der Waals surface area contributed by atoms with E-state index in [1.165, 1.54) is 4.90 Å². The molecule has 0 saturated carbocycles. The number of fused-ring (bicyclic) bond motifs is 1. The maximum atomic E-state index is 13.4. The molecule has 1 aliphatic rings. The van der Waals surface area contributed by atoms with Crippen molar-refractivity contribution in [3.05, 3.63) is 59.7 Å². The van der Waals surface area contributed by atoms with Crippen molar-refractivity contribution in [2.45, 2.75) is 32.5 Å². The van der Waals surface area contributed by atoms with Gasteiger partial charge in [0.25, 0.3) is 0 Å². The highest BCUT2D eigenvalue weighted by Crippen LogP contribution is 2.34. The number of ether oxygens (including phenoxy) is 3. The number of amides is 2. The maximum absolute atomic E-state index is 13.4. The normalized spacial score (nSPS) is 13.6. The zero-order valence-corrected chi connectivity index (χ0v) is 20.2. The fraction of sp³-hybridized carbons (Fsp3) is 0.417. The lowest BCUT2D eigenvalue weighted by atomic mass is 10.1. The van der Waals surface area contributed by atoms with Gasteiger partial charge in [0.05, 0.1) is 5.75 Å². The van der Waals surface area contributed by atoms with Crippen LogP contribution in [0.25, 0.3) is 0 Å². The van der Waals surface area contributed by atoms with Crippen LogP contribution in [-0.2, 0) is 32.5 Å². The molecule has 10 heteroatoms. The summed E-state index contributed by atoms with van der Waals surface area (Å²) in [6, 6.07) is 13.5. The first-order valence-corrected chi connectivity index (χ1v) is 13.1. The van der Waals surface area contributed by atoms with Crippen LogP contribution in [0.15, 0.2) is 48.5 Å². The monoisotopic (exact) mass is 490 g/mol. The predicted molar refractivity (Wildman–Crippen MR) is 126 cm³/mol. The Morgan fingerprint density at radius 1 is 1.09 bits per heavy atom. The molecule has 0 aliphatic carbocycles. The van der Waals surface area contributed by atoms with Crippen LogP contribution in [0, 0.1) is 0 Å². The van der Waals surface area contributed by atoms with Gasteiger partial charge in [0.15, 0.2) is 11.5 Å². The minimum absolute atomic E-state index is 0.0324. The van der Waals surface area contributed by atoms with Crippen molar-refractivity contribution in [1.82, 2.24) is 10.2 Å². The number of benzene rings is 2. The Morgan fingerprint density at radius 3 is 2.53 bits per heavy atom. The summed E-state index contributed by atoms with van der Waals surface area (Å²) in [5.74, 6) is 0.543. The Bertz CT molecular complexity index is 1090. The Morgan fingerprint density at radius 2 is 1.82 bits per heavy atom. The highest BCUT2D eigenvalue weighted by Gasteiger charge is 2.28. The number of carbonyl (C=O) groups excluding carboxylic acids is 2. The molecule has 0 saturated heterocycles. The van der Waals surface area contributed by atoms with Gasteiger partial charge in [0, 0.05) is 24.9 Å². The lowest BCUT2D eigenvalue weighted by molar-refractivity contribution is -0.133. The molecule has 1 heterocycles. The number of carbonyl (C=O) groups is 2. The Labute approximate surface area is 199 Å². The summed E-state index contributed by atoms with van der Waals surface area (Å²) in [6.07, 6.45) is 0.231. The molecular weight excluding hydrogens is 460 g/mol. The second kappa shape index (κ2) is 11.7. The summed E-state index contributed by atoms with van der Waals surface area (Å²) >= 11 is 0. The summed E-state index contributed by atoms with van der Waals surface area (Å²) in [7, 11) is -3.35. The molecule has 184 valence electrons. The molecule has 2 aromatic carbocycles. The fourth-order valence-corrected chi connectivity index (χ4v) is 4.19. The molecule has 1 aliphatic heterocycles. The third kappa shape index (κ3) is 7.38. The van der Waals surface area contributed by atoms with E-state index in [9.17, 15) is 18.0 Å². The molecule has 2 amide bonds. The lowest BCUT2D eigenvalue weighted by Gasteiger charge is -2.28. The summed E-state index contributed by atoms with van der Waals surface area (Å²) in [6.45, 7) is 3.28. The van der Waals surface area contributed by atoms with E-state index in [-0.39, 0.29) is 25.3 Å². The highest BCUT2D eigenvalue weighted by atomic mass is 32.2. The first-order chi connectivity index (χ1) is 16.3. The van der Waals surface area contributed by atoms with Crippen LogP contribution in [0.2, 0.25) is 0 Å². The smallest absolute Gasteiger partial charge is 0.408 e. The van der Waals surface area contributed by atoms with Crippen LogP contribution in [0.5, 0.6) is 11.5 Å². The van der Waals surface area contributed by atoms with Crippen LogP contribution in [0.4, 0.5) is 4.79 Å². The zero-order chi connectivity index (χ0) is 24.6. The predicted octanol–water partition coefficient (Wildman–Crippen LogP) is 2.54. The molecule has 2 aromatic rings. The fourth-order valence-electron chi connectivity index (χ4n) is 3.53. The first-order valence-electron chi connectivity index (χ1n) is 11.1. The molecule has 0 spiro atoms. The quantitative estimate of drug-likeness (QED) is 0.545. The molecule has 0 aromatic heterocycles. The number of nitrogens with zero attached hydrogens (tertiary/aromatic N) is 1. The standard InChI is InChI=1S/C24H30N2O7S/c1-3-26(16-19-10-7-11-21-22(19)32-14-13-31-21)23(27)20(12-15-34(2,29)30)25-24(28)33-17-18-8-5-4-6-9-18/h4-11,20H,3,12-17H2,1-2H3,(H,25,28). The lowest BCUT2D eigenvalue weighted by Crippen LogP contribution is -2.49. The average molecular weight is 491 g/mol. The van der Waals surface area contributed by atoms with E-state index in [1.807, 2.05) is 49.4 Å². The summed E-state index contributed by atoms with van der Waals surface area (Å²) in [5, 5.41) is 2.55. The molecule has 0 radical (unpaired) electrons. The summed E-state index contributed by atoms with van der Waals surface area (Å²) < 4.78 is 40.1. The van der Waals surface area contributed by atoms with Crippen molar-refractivity contribution in [2.75, 3.05) is 31.8 Å². The van der Waals surface area contributed by atoms with Crippen molar-refractivity contribution in [2.24, 2.45) is 0 Å². The van der Waals surface area contributed by atoms with E-state index >= 15 is 0 Å². The van der Waals surface area contributed by atoms with E-state index in [0.29, 0.717) is 31.3 Å². The number of alkyl carbamates (subject to hydrolysis) is 1. The first kappa shape index (κ1) is 25.4. The number of nitrogens with one attached hydrogen (secondary N) is 1. The van der Waals surface area contributed by atoms with Crippen LogP contribution in [-0.4, -0.2) is 63.1 Å². The number of hydrogen-bond donors (Lipinski definition) is 1. The van der Waals surface area contributed by atoms with Crippen LogP contribution in [0.3, 0.4) is 0 Å². The van der Waals surface area contributed by atoms with Crippen molar-refractivity contribution >= 4 is 21.8 Å². The molecule has 0 bridgehead atoms. The molecule has 1 N–H and O–H groups in total. The average Bonchev–Trinajstić information content (AvgIpc) is 2.83. The van der Waals surface area contributed by atoms with Gasteiger partial charge in [0.2, 0.25) is 5.91 Å². The SMILES string of the molecule is CCN(Cc1cccc2c1OCCO2)C(=O)C(CCS(C)(=O)=O)NC(=O)OCc1ccccc1. The Kier molecular flexibility index (Phi) is 8.75. The second-order valence-corrected chi connectivity index (χ2v) is 10.2. The molecule has 1 atom stereocenters. The second-order valence-electron chi connectivity index (χ2n) is 7.97. The van der Waals surface area contributed by atoms with Gasteiger partial charge in [-0.05, 0) is 25.0 Å². The topological polar surface area (TPSA) is 111 Å². The summed E-state index contributed by atoms with van der Waals surface area (Å²) in [5.41, 5.74) is 1.56. The molecule has 34 heavy (non-hydrogen) atoms. The largest absolute Gasteiger partial charge is 0.486 e. The molecule has 0 fully saturated rings. The van der Waals surface area contributed by atoms with Crippen molar-refractivity contribution in [3.63, 3.8) is 0 Å². The van der Waals surface area contributed by atoms with Crippen LogP contribution in [0.1, 0.15) is 24.5 Å². The molecule has 3 rings (SSSR count). The number of sulfone groups is 1. The molecular formula is C24H30N2O7S. The van der Waals surface area contributed by atoms with Crippen LogP contribution >= 0.6 is 0 Å². The van der Waals surface area contributed by atoms with E-state index < -0.39 is 27.9 Å². The number of hydrogen-bond acceptors (Lipinski definition) is 7. The highest BCUT2D eigenvalue weighted by molar-refractivity contribution is 7.90. The number of rotatable bonds is 10. The number of likely N-dealkylation sites (N-methyl/N-ethyl adjacent to an activating group) is 1. The van der Waals surface area contributed by atoms with Crippen LogP contribution < -0.4 is 14.8 Å². The van der Waals surface area contributed by atoms with Crippen molar-refractivity contribution < 1.29 is 32.2 Å². The van der Waals surface area contributed by atoms with Gasteiger partial charge in [0.1, 0.15) is 35.7 Å². The third-order valence-corrected chi connectivity index (χ3v) is 6.26. The zero-order valence-electron chi connectivity index (χ0n) is 19.4. The third-order valence-electron chi connectivity index (χ3n) is 5.28. The minimum atomic E-state index is -3.35. The van der Waals surface area contributed by atoms with Gasteiger partial charge in [-0.15, -0.1) is 0 Å². The van der Waals surface area contributed by atoms with E-state index in [2.05, 4.69) is 5.32 Å². The van der Waals surface area contributed by atoms with Gasteiger partial charge >= 0.3 is 6.09 Å². The van der Waals surface area contributed by atoms with E-state index in [4.69, 9.17) is 14.2 Å². The molecule has 9 nitrogen and oxygen atoms in total. The van der Waals surface area contributed by atoms with Gasteiger partial charge in [-0.1, -0.05) is 42.5 Å². The van der Waals surface area contributed by atoms with Gasteiger partial charge in [-0.2, -0.15) is 0 Å². The van der Waals surface area contributed by atoms with Gasteiger partial charge < -0.3 is 24.4 Å². The Balaban J connectivity index is 1.71. The Hall–Kier alpha value is -3.27. The van der Waals surface area contributed by atoms with Crippen molar-refractivity contribution in [1.29, 1.82) is 0 Å². The minimum Gasteiger partial charge on any atom is -0.486 e. The van der Waals surface area contributed by atoms with Gasteiger partial charge in [-0.25, -0.2) is 13.2 Å². The summed E-state index contributed by atoms with van der Waals surface area (Å²) in [4.78, 5) is 27.3.